The highest BCUT2D eigenvalue weighted by Crippen LogP contribution is 2.22. The standard InChI is InChI=1S/C25H27FN2O5S/c1-18-6-4-9-24(19(18)2)27-25(29)28(14-15-32-3)17-20-7-5-8-22(16-20)33-34(30,31)23-12-10-21(26)11-13-23/h4-13,16H,14-15,17H2,1-3H3,(H,27,29). The quantitative estimate of drug-likeness (QED) is 0.435. The molecule has 0 bridgehead atoms. The number of hydrogen-bond donors (Lipinski definition) is 1. The van der Waals surface area contributed by atoms with E-state index in [-0.39, 0.29) is 23.2 Å². The lowest BCUT2D eigenvalue weighted by Crippen LogP contribution is -2.37. The molecule has 3 aromatic rings. The first kappa shape index (κ1) is 25.2. The van der Waals surface area contributed by atoms with Gasteiger partial charge in [0.15, 0.2) is 0 Å². The van der Waals surface area contributed by atoms with Gasteiger partial charge in [0.05, 0.1) is 6.61 Å². The van der Waals surface area contributed by atoms with E-state index in [0.29, 0.717) is 18.7 Å². The average Bonchev–Trinajstić information content (AvgIpc) is 2.80. The van der Waals surface area contributed by atoms with E-state index < -0.39 is 15.9 Å². The summed E-state index contributed by atoms with van der Waals surface area (Å²) in [4.78, 5) is 14.4. The van der Waals surface area contributed by atoms with Crippen molar-refractivity contribution in [3.05, 3.63) is 89.2 Å². The number of urea groups is 1. The van der Waals surface area contributed by atoms with Crippen LogP contribution in [0.1, 0.15) is 16.7 Å². The molecule has 0 aliphatic carbocycles. The van der Waals surface area contributed by atoms with Gasteiger partial charge in [-0.2, -0.15) is 8.42 Å². The molecule has 0 spiro atoms. The number of carbonyl (C=O) groups is 1. The first-order valence-electron chi connectivity index (χ1n) is 10.6. The maximum atomic E-state index is 13.1. The van der Waals surface area contributed by atoms with Crippen LogP contribution < -0.4 is 9.50 Å². The summed E-state index contributed by atoms with van der Waals surface area (Å²) in [6, 6.07) is 16.2. The van der Waals surface area contributed by atoms with Crippen molar-refractivity contribution in [2.24, 2.45) is 0 Å². The predicted octanol–water partition coefficient (Wildman–Crippen LogP) is 4.89. The van der Waals surface area contributed by atoms with Gasteiger partial charge in [0.25, 0.3) is 0 Å². The monoisotopic (exact) mass is 486 g/mol. The largest absolute Gasteiger partial charge is 0.383 e. The molecule has 0 unspecified atom stereocenters. The minimum absolute atomic E-state index is 0.0865. The highest BCUT2D eigenvalue weighted by atomic mass is 32.2. The molecule has 7 nitrogen and oxygen atoms in total. The maximum Gasteiger partial charge on any atom is 0.339 e. The van der Waals surface area contributed by atoms with Gasteiger partial charge in [0.1, 0.15) is 16.5 Å². The molecule has 0 aliphatic heterocycles. The zero-order valence-electron chi connectivity index (χ0n) is 19.2. The highest BCUT2D eigenvalue weighted by molar-refractivity contribution is 7.87. The summed E-state index contributed by atoms with van der Waals surface area (Å²) < 4.78 is 48.5. The van der Waals surface area contributed by atoms with E-state index in [4.69, 9.17) is 8.92 Å². The minimum atomic E-state index is -4.13. The third kappa shape index (κ3) is 6.55. The molecule has 0 aromatic heterocycles. The number of aryl methyl sites for hydroxylation is 1. The Morgan fingerprint density at radius 3 is 2.44 bits per heavy atom. The van der Waals surface area contributed by atoms with Crippen molar-refractivity contribution in [2.75, 3.05) is 25.6 Å². The van der Waals surface area contributed by atoms with Crippen LogP contribution >= 0.6 is 0 Å². The van der Waals surface area contributed by atoms with E-state index in [0.717, 1.165) is 41.1 Å². The van der Waals surface area contributed by atoms with Crippen molar-refractivity contribution in [3.63, 3.8) is 0 Å². The molecule has 0 aliphatic rings. The van der Waals surface area contributed by atoms with Crippen molar-refractivity contribution in [1.29, 1.82) is 0 Å². The normalized spacial score (nSPS) is 11.2. The summed E-state index contributed by atoms with van der Waals surface area (Å²) in [5.74, 6) is -0.459. The maximum absolute atomic E-state index is 13.1. The van der Waals surface area contributed by atoms with E-state index in [9.17, 15) is 17.6 Å². The Bertz CT molecular complexity index is 1250. The van der Waals surface area contributed by atoms with Gasteiger partial charge in [0.2, 0.25) is 0 Å². The van der Waals surface area contributed by atoms with Gasteiger partial charge in [-0.1, -0.05) is 24.3 Å². The number of anilines is 1. The average molecular weight is 487 g/mol. The van der Waals surface area contributed by atoms with Crippen LogP contribution in [0.15, 0.2) is 71.6 Å². The second kappa shape index (κ2) is 11.1. The number of methoxy groups -OCH3 is 1. The second-order valence-electron chi connectivity index (χ2n) is 7.73. The zero-order valence-corrected chi connectivity index (χ0v) is 20.1. The van der Waals surface area contributed by atoms with Crippen molar-refractivity contribution >= 4 is 21.8 Å². The van der Waals surface area contributed by atoms with Crippen LogP contribution in [-0.2, 0) is 21.4 Å². The van der Waals surface area contributed by atoms with Gasteiger partial charge < -0.3 is 19.1 Å². The molecular formula is C25H27FN2O5S. The lowest BCUT2D eigenvalue weighted by molar-refractivity contribution is 0.153. The van der Waals surface area contributed by atoms with Crippen molar-refractivity contribution in [2.45, 2.75) is 25.3 Å². The van der Waals surface area contributed by atoms with Gasteiger partial charge in [-0.05, 0) is 73.0 Å². The van der Waals surface area contributed by atoms with Gasteiger partial charge in [-0.25, -0.2) is 9.18 Å². The molecule has 0 heterocycles. The number of nitrogens with zero attached hydrogens (tertiary/aromatic N) is 1. The molecule has 2 amide bonds. The summed E-state index contributed by atoms with van der Waals surface area (Å²) in [5, 5.41) is 2.93. The number of rotatable bonds is 9. The molecule has 34 heavy (non-hydrogen) atoms. The zero-order chi connectivity index (χ0) is 24.7. The summed E-state index contributed by atoms with van der Waals surface area (Å²) in [6.45, 7) is 4.77. The van der Waals surface area contributed by atoms with Crippen molar-refractivity contribution in [1.82, 2.24) is 4.90 Å². The molecular weight excluding hydrogens is 459 g/mol. The van der Waals surface area contributed by atoms with Gasteiger partial charge in [0, 0.05) is 25.9 Å². The van der Waals surface area contributed by atoms with Crippen molar-refractivity contribution in [3.8, 4) is 5.75 Å². The van der Waals surface area contributed by atoms with E-state index >= 15 is 0 Å². The number of nitrogens with one attached hydrogen (secondary N) is 1. The first-order valence-corrected chi connectivity index (χ1v) is 12.0. The fourth-order valence-electron chi connectivity index (χ4n) is 3.23. The number of amides is 2. The molecule has 0 saturated heterocycles. The molecule has 3 rings (SSSR count). The summed E-state index contributed by atoms with van der Waals surface area (Å²) >= 11 is 0. The molecule has 0 radical (unpaired) electrons. The Labute approximate surface area is 199 Å². The van der Waals surface area contributed by atoms with Crippen LogP contribution in [0, 0.1) is 19.7 Å². The lowest BCUT2D eigenvalue weighted by atomic mass is 10.1. The van der Waals surface area contributed by atoms with Gasteiger partial charge >= 0.3 is 16.1 Å². The van der Waals surface area contributed by atoms with Crippen LogP contribution in [0.2, 0.25) is 0 Å². The molecule has 1 N–H and O–H groups in total. The third-order valence-electron chi connectivity index (χ3n) is 5.28. The minimum Gasteiger partial charge on any atom is -0.383 e. The first-order chi connectivity index (χ1) is 16.2. The molecule has 9 heteroatoms. The van der Waals surface area contributed by atoms with Gasteiger partial charge in [-0.3, -0.25) is 0 Å². The van der Waals surface area contributed by atoms with E-state index in [1.807, 2.05) is 32.0 Å². The SMILES string of the molecule is COCCN(Cc1cccc(OS(=O)(=O)c2ccc(F)cc2)c1)C(=O)Nc1cccc(C)c1C. The topological polar surface area (TPSA) is 84.9 Å². The smallest absolute Gasteiger partial charge is 0.339 e. The molecule has 3 aromatic carbocycles. The summed E-state index contributed by atoms with van der Waals surface area (Å²) in [5.41, 5.74) is 3.42. The fourth-order valence-corrected chi connectivity index (χ4v) is 4.15. The van der Waals surface area contributed by atoms with Crippen LogP contribution in [0.5, 0.6) is 5.75 Å². The highest BCUT2D eigenvalue weighted by Gasteiger charge is 2.19. The van der Waals surface area contributed by atoms with Crippen LogP contribution in [0.4, 0.5) is 14.9 Å². The number of benzene rings is 3. The fraction of sp³-hybridized carbons (Fsp3) is 0.240. The number of carbonyl (C=O) groups excluding carboxylic acids is 1. The summed E-state index contributed by atoms with van der Waals surface area (Å²) in [6.07, 6.45) is 0. The Kier molecular flexibility index (Phi) is 8.25. The van der Waals surface area contributed by atoms with E-state index in [1.165, 1.54) is 6.07 Å². The summed E-state index contributed by atoms with van der Waals surface area (Å²) in [7, 11) is -2.58. The Balaban J connectivity index is 1.76. The molecule has 0 saturated carbocycles. The van der Waals surface area contributed by atoms with Crippen LogP contribution in [0.25, 0.3) is 0 Å². The number of halogens is 1. The Hall–Kier alpha value is -3.43. The van der Waals surface area contributed by atoms with Crippen molar-refractivity contribution < 1.29 is 26.5 Å². The van der Waals surface area contributed by atoms with Gasteiger partial charge in [-0.15, -0.1) is 0 Å². The van der Waals surface area contributed by atoms with Crippen LogP contribution in [-0.4, -0.2) is 39.6 Å². The predicted molar refractivity (Wildman–Crippen MR) is 128 cm³/mol. The molecule has 0 atom stereocenters. The number of ether oxygens (including phenoxy) is 1. The van der Waals surface area contributed by atoms with Crippen LogP contribution in [0.3, 0.4) is 0 Å². The van der Waals surface area contributed by atoms with E-state index in [2.05, 4.69) is 5.32 Å². The molecule has 0 fully saturated rings. The third-order valence-corrected chi connectivity index (χ3v) is 6.54. The Morgan fingerprint density at radius 1 is 1.03 bits per heavy atom. The molecule has 180 valence electrons. The lowest BCUT2D eigenvalue weighted by Gasteiger charge is -2.24. The number of hydrogen-bond acceptors (Lipinski definition) is 5. The second-order valence-corrected chi connectivity index (χ2v) is 9.28. The van der Waals surface area contributed by atoms with E-state index in [1.54, 1.807) is 30.2 Å². The Morgan fingerprint density at radius 2 is 1.74 bits per heavy atom.